The highest BCUT2D eigenvalue weighted by Gasteiger charge is 2.38. The first-order chi connectivity index (χ1) is 13.8. The van der Waals surface area contributed by atoms with Crippen molar-refractivity contribution >= 4 is 22.8 Å². The predicted molar refractivity (Wildman–Crippen MR) is 111 cm³/mol. The largest absolute Gasteiger partial charge is 0.497 e. The maximum atomic E-state index is 13.4. The number of hydrogen-bond acceptors (Lipinski definition) is 6. The van der Waals surface area contributed by atoms with Crippen LogP contribution in [0, 0.1) is 13.8 Å². The highest BCUT2D eigenvalue weighted by atomic mass is 16.5. The third-order valence-electron chi connectivity index (χ3n) is 5.60. The molecule has 0 spiro atoms. The summed E-state index contributed by atoms with van der Waals surface area (Å²) in [4.78, 5) is 23.7. The number of fused-ring (bicyclic) bond motifs is 1. The van der Waals surface area contributed by atoms with Crippen LogP contribution in [0.25, 0.3) is 11.1 Å². The summed E-state index contributed by atoms with van der Waals surface area (Å²) in [6, 6.07) is 5.87. The number of anilines is 1. The lowest BCUT2D eigenvalue weighted by Crippen LogP contribution is -2.27. The van der Waals surface area contributed by atoms with E-state index in [1.165, 1.54) is 6.33 Å². The van der Waals surface area contributed by atoms with Crippen molar-refractivity contribution in [3.63, 3.8) is 0 Å². The number of carbonyl (C=O) groups is 1. The minimum Gasteiger partial charge on any atom is -0.497 e. The number of hydrogen-bond donors (Lipinski definition) is 1. The van der Waals surface area contributed by atoms with Gasteiger partial charge in [0, 0.05) is 19.1 Å². The number of aromatic nitrogens is 2. The zero-order chi connectivity index (χ0) is 20.8. The number of methoxy groups -OCH3 is 1. The van der Waals surface area contributed by atoms with Crippen LogP contribution in [0.2, 0.25) is 0 Å². The van der Waals surface area contributed by atoms with Crippen molar-refractivity contribution in [2.24, 2.45) is 0 Å². The molecule has 1 aromatic carbocycles. The number of aryl methyl sites for hydroxylation is 2. The van der Waals surface area contributed by atoms with Gasteiger partial charge in [0.15, 0.2) is 0 Å². The van der Waals surface area contributed by atoms with Gasteiger partial charge in [-0.05, 0) is 56.9 Å². The van der Waals surface area contributed by atoms with Gasteiger partial charge >= 0.3 is 0 Å². The SMILES string of the molecule is COc1ccc(CN(C)C(=O)c2c(C)oc3ncnc(NC4(C)CC4)c23)c(C)c1. The molecule has 1 aliphatic carbocycles. The van der Waals surface area contributed by atoms with Crippen molar-refractivity contribution in [3.8, 4) is 5.75 Å². The van der Waals surface area contributed by atoms with E-state index < -0.39 is 0 Å². The summed E-state index contributed by atoms with van der Waals surface area (Å²) in [5.41, 5.74) is 3.11. The maximum Gasteiger partial charge on any atom is 0.258 e. The smallest absolute Gasteiger partial charge is 0.258 e. The molecule has 152 valence electrons. The van der Waals surface area contributed by atoms with E-state index in [0.717, 1.165) is 29.7 Å². The molecule has 0 unspecified atom stereocenters. The molecule has 1 aliphatic rings. The number of nitrogens with zero attached hydrogens (tertiary/aromatic N) is 3. The zero-order valence-corrected chi connectivity index (χ0v) is 17.5. The molecule has 0 radical (unpaired) electrons. The van der Waals surface area contributed by atoms with Gasteiger partial charge in [-0.25, -0.2) is 9.97 Å². The Morgan fingerprint density at radius 1 is 1.31 bits per heavy atom. The molecule has 1 fully saturated rings. The van der Waals surface area contributed by atoms with Gasteiger partial charge in [0.1, 0.15) is 23.7 Å². The number of amides is 1. The Kier molecular flexibility index (Phi) is 4.68. The van der Waals surface area contributed by atoms with Crippen molar-refractivity contribution in [1.82, 2.24) is 14.9 Å². The van der Waals surface area contributed by atoms with E-state index in [9.17, 15) is 4.79 Å². The number of rotatable bonds is 6. The van der Waals surface area contributed by atoms with E-state index in [2.05, 4.69) is 22.2 Å². The van der Waals surface area contributed by atoms with E-state index >= 15 is 0 Å². The minimum absolute atomic E-state index is 0.0267. The number of furan rings is 1. The van der Waals surface area contributed by atoms with Crippen LogP contribution in [-0.4, -0.2) is 40.5 Å². The van der Waals surface area contributed by atoms with Crippen molar-refractivity contribution in [1.29, 1.82) is 0 Å². The Bertz CT molecular complexity index is 1090. The van der Waals surface area contributed by atoms with E-state index in [1.54, 1.807) is 26.0 Å². The molecule has 29 heavy (non-hydrogen) atoms. The molecule has 0 atom stereocenters. The third kappa shape index (κ3) is 3.64. The highest BCUT2D eigenvalue weighted by Crippen LogP contribution is 2.40. The van der Waals surface area contributed by atoms with E-state index in [0.29, 0.717) is 34.8 Å². The normalized spacial score (nSPS) is 14.7. The second-order valence-electron chi connectivity index (χ2n) is 8.07. The van der Waals surface area contributed by atoms with Crippen molar-refractivity contribution < 1.29 is 13.9 Å². The van der Waals surface area contributed by atoms with Crippen LogP contribution >= 0.6 is 0 Å². The summed E-state index contributed by atoms with van der Waals surface area (Å²) in [6.45, 7) is 6.44. The second-order valence-corrected chi connectivity index (χ2v) is 8.07. The monoisotopic (exact) mass is 394 g/mol. The first kappa shape index (κ1) is 19.2. The van der Waals surface area contributed by atoms with Gasteiger partial charge < -0.3 is 19.4 Å². The van der Waals surface area contributed by atoms with E-state index in [4.69, 9.17) is 9.15 Å². The van der Waals surface area contributed by atoms with Crippen molar-refractivity contribution in [2.75, 3.05) is 19.5 Å². The van der Waals surface area contributed by atoms with Crippen LogP contribution in [0.3, 0.4) is 0 Å². The highest BCUT2D eigenvalue weighted by molar-refractivity contribution is 6.10. The Labute approximate surface area is 170 Å². The van der Waals surface area contributed by atoms with Gasteiger partial charge in [0.2, 0.25) is 5.71 Å². The van der Waals surface area contributed by atoms with Crippen LogP contribution in [0.5, 0.6) is 5.75 Å². The standard InChI is InChI=1S/C22H26N4O3/c1-13-10-16(28-5)7-6-15(13)11-26(4)21(27)17-14(2)29-20-18(17)19(23-12-24-20)25-22(3)8-9-22/h6-7,10,12H,8-9,11H2,1-5H3,(H,23,24,25). The van der Waals surface area contributed by atoms with Crippen molar-refractivity contribution in [2.45, 2.75) is 45.7 Å². The average Bonchev–Trinajstić information content (AvgIpc) is 3.31. The molecule has 2 heterocycles. The Morgan fingerprint density at radius 3 is 2.72 bits per heavy atom. The van der Waals surface area contributed by atoms with Gasteiger partial charge in [-0.3, -0.25) is 4.79 Å². The molecule has 1 amide bonds. The van der Waals surface area contributed by atoms with Gasteiger partial charge in [-0.1, -0.05) is 6.07 Å². The summed E-state index contributed by atoms with van der Waals surface area (Å²) in [5, 5.41) is 4.11. The Hall–Kier alpha value is -3.09. The lowest BCUT2D eigenvalue weighted by atomic mass is 10.1. The number of benzene rings is 1. The summed E-state index contributed by atoms with van der Waals surface area (Å²) >= 11 is 0. The summed E-state index contributed by atoms with van der Waals surface area (Å²) in [5.74, 6) is 1.89. The fraction of sp³-hybridized carbons (Fsp3) is 0.409. The molecular weight excluding hydrogens is 368 g/mol. The predicted octanol–water partition coefficient (Wildman–Crippen LogP) is 4.08. The molecule has 7 nitrogen and oxygen atoms in total. The Balaban J connectivity index is 1.66. The van der Waals surface area contributed by atoms with Gasteiger partial charge in [-0.15, -0.1) is 0 Å². The molecule has 3 aromatic rings. The topological polar surface area (TPSA) is 80.5 Å². The second kappa shape index (κ2) is 7.06. The average molecular weight is 394 g/mol. The first-order valence-electron chi connectivity index (χ1n) is 9.72. The van der Waals surface area contributed by atoms with Gasteiger partial charge in [-0.2, -0.15) is 0 Å². The summed E-state index contributed by atoms with van der Waals surface area (Å²) in [7, 11) is 3.44. The minimum atomic E-state index is -0.115. The molecule has 0 bridgehead atoms. The molecular formula is C22H26N4O3. The molecule has 4 rings (SSSR count). The fourth-order valence-electron chi connectivity index (χ4n) is 3.49. The zero-order valence-electron chi connectivity index (χ0n) is 17.5. The Morgan fingerprint density at radius 2 is 2.07 bits per heavy atom. The fourth-order valence-corrected chi connectivity index (χ4v) is 3.49. The van der Waals surface area contributed by atoms with Gasteiger partial charge in [0.05, 0.1) is 18.1 Å². The third-order valence-corrected chi connectivity index (χ3v) is 5.60. The maximum absolute atomic E-state index is 13.4. The molecule has 0 aliphatic heterocycles. The number of ether oxygens (including phenoxy) is 1. The van der Waals surface area contributed by atoms with Crippen LogP contribution in [-0.2, 0) is 6.54 Å². The number of nitrogens with one attached hydrogen (secondary N) is 1. The quantitative estimate of drug-likeness (QED) is 0.678. The van der Waals surface area contributed by atoms with Gasteiger partial charge in [0.25, 0.3) is 5.91 Å². The molecule has 2 aromatic heterocycles. The van der Waals surface area contributed by atoms with Crippen LogP contribution in [0.15, 0.2) is 28.9 Å². The molecule has 0 saturated heterocycles. The lowest BCUT2D eigenvalue weighted by molar-refractivity contribution is 0.0785. The van der Waals surface area contributed by atoms with Crippen LogP contribution < -0.4 is 10.1 Å². The molecule has 7 heteroatoms. The number of carbonyl (C=O) groups excluding carboxylic acids is 1. The van der Waals surface area contributed by atoms with Crippen LogP contribution in [0.4, 0.5) is 5.82 Å². The summed E-state index contributed by atoms with van der Waals surface area (Å²) in [6.07, 6.45) is 3.63. The lowest BCUT2D eigenvalue weighted by Gasteiger charge is -2.19. The summed E-state index contributed by atoms with van der Waals surface area (Å²) < 4.78 is 11.1. The van der Waals surface area contributed by atoms with Crippen LogP contribution in [0.1, 0.15) is 47.0 Å². The van der Waals surface area contributed by atoms with E-state index in [-0.39, 0.29) is 11.4 Å². The molecule has 1 saturated carbocycles. The molecule has 1 N–H and O–H groups in total. The van der Waals surface area contributed by atoms with E-state index in [1.807, 2.05) is 25.1 Å². The first-order valence-corrected chi connectivity index (χ1v) is 9.72. The van der Waals surface area contributed by atoms with Crippen molar-refractivity contribution in [3.05, 3.63) is 47.0 Å².